The molecule has 1 atom stereocenters. The molecule has 1 unspecified atom stereocenters. The fraction of sp³-hybridized carbons (Fsp3) is 0.304. The first-order valence-electron chi connectivity index (χ1n) is 10.3. The molecule has 3 heterocycles. The highest BCUT2D eigenvalue weighted by Crippen LogP contribution is 2.33. The van der Waals surface area contributed by atoms with Crippen molar-refractivity contribution in [3.63, 3.8) is 0 Å². The molecule has 0 radical (unpaired) electrons. The molecule has 1 aromatic carbocycles. The molecular formula is C23H24BrF2N5O. The smallest absolute Gasteiger partial charge is 0.137 e. The van der Waals surface area contributed by atoms with Crippen LogP contribution < -0.4 is 5.32 Å². The van der Waals surface area contributed by atoms with Gasteiger partial charge in [0.05, 0.1) is 34.1 Å². The lowest BCUT2D eigenvalue weighted by molar-refractivity contribution is -0.0190. The van der Waals surface area contributed by atoms with Gasteiger partial charge in [0.25, 0.3) is 0 Å². The number of likely N-dealkylation sites (N-methyl/N-ethyl adjacent to an activating group) is 1. The van der Waals surface area contributed by atoms with Gasteiger partial charge in [0.1, 0.15) is 17.3 Å². The van der Waals surface area contributed by atoms with E-state index in [2.05, 4.69) is 31.1 Å². The van der Waals surface area contributed by atoms with Gasteiger partial charge in [-0.3, -0.25) is 0 Å². The van der Waals surface area contributed by atoms with Gasteiger partial charge in [-0.25, -0.2) is 13.8 Å². The fourth-order valence-corrected chi connectivity index (χ4v) is 3.99. The number of imidazole rings is 1. The second-order valence-corrected chi connectivity index (χ2v) is 8.85. The molecule has 0 amide bonds. The largest absolute Gasteiger partial charge is 0.375 e. The maximum Gasteiger partial charge on any atom is 0.137 e. The molecule has 6 nitrogen and oxygen atoms in total. The van der Waals surface area contributed by atoms with Crippen LogP contribution >= 0.6 is 15.9 Å². The number of hydrogen-bond acceptors (Lipinski definition) is 5. The molecule has 0 bridgehead atoms. The first-order chi connectivity index (χ1) is 15.4. The molecule has 3 aromatic rings. The number of nitrogens with one attached hydrogen (secondary N) is 2. The Bertz CT molecular complexity index is 1170. The molecular weight excluding hydrogens is 480 g/mol. The van der Waals surface area contributed by atoms with Gasteiger partial charge in [-0.2, -0.15) is 0 Å². The number of hydrogen-bond donors (Lipinski definition) is 2. The number of benzene rings is 1. The lowest BCUT2D eigenvalue weighted by Crippen LogP contribution is -2.41. The average molecular weight is 504 g/mol. The summed E-state index contributed by atoms with van der Waals surface area (Å²) < 4.78 is 38.6. The Morgan fingerprint density at radius 2 is 2.09 bits per heavy atom. The van der Waals surface area contributed by atoms with E-state index in [1.54, 1.807) is 0 Å². The summed E-state index contributed by atoms with van der Waals surface area (Å²) in [5.41, 5.74) is 2.72. The Hall–Kier alpha value is -2.62. The van der Waals surface area contributed by atoms with Crippen molar-refractivity contribution in [2.24, 2.45) is 0 Å². The predicted octanol–water partition coefficient (Wildman–Crippen LogP) is 4.76. The standard InChI is InChI=1S/C23H24BrF2N5O/c1-14-3-4-31-20(10-17-13-30(2)5-6-32-17)23(29-21(31)7-14)22-18(25)8-16(9-19(22)26)28-12-15(24)11-27/h3-4,7-9,11-12,17,27-28H,5-6,10,13H2,1-2H3/b15-12+,27-11?. The molecule has 1 aliphatic rings. The highest BCUT2D eigenvalue weighted by molar-refractivity contribution is 9.12. The van der Waals surface area contributed by atoms with Crippen LogP contribution in [0.2, 0.25) is 0 Å². The average Bonchev–Trinajstić information content (AvgIpc) is 3.08. The fourth-order valence-electron chi connectivity index (χ4n) is 3.88. The van der Waals surface area contributed by atoms with E-state index >= 15 is 8.78 Å². The van der Waals surface area contributed by atoms with Crippen molar-refractivity contribution in [1.29, 1.82) is 5.41 Å². The molecule has 4 rings (SSSR count). The maximum absolute atomic E-state index is 15.2. The number of aryl methyl sites for hydroxylation is 1. The van der Waals surface area contributed by atoms with Crippen LogP contribution in [0, 0.1) is 24.0 Å². The van der Waals surface area contributed by atoms with Gasteiger partial charge in [-0.05, 0) is 59.7 Å². The summed E-state index contributed by atoms with van der Waals surface area (Å²) in [5.74, 6) is -1.43. The monoisotopic (exact) mass is 503 g/mol. The van der Waals surface area contributed by atoms with Crippen LogP contribution in [0.3, 0.4) is 0 Å². The van der Waals surface area contributed by atoms with Crippen molar-refractivity contribution in [2.75, 3.05) is 32.1 Å². The Kier molecular flexibility index (Phi) is 6.68. The number of pyridine rings is 1. The van der Waals surface area contributed by atoms with Gasteiger partial charge in [-0.1, -0.05) is 0 Å². The van der Waals surface area contributed by atoms with E-state index in [4.69, 9.17) is 10.1 Å². The highest BCUT2D eigenvalue weighted by atomic mass is 79.9. The minimum absolute atomic E-state index is 0.0932. The second-order valence-electron chi connectivity index (χ2n) is 7.93. The van der Waals surface area contributed by atoms with Crippen LogP contribution in [0.25, 0.3) is 16.9 Å². The first-order valence-corrected chi connectivity index (χ1v) is 11.0. The number of halogens is 3. The molecule has 1 saturated heterocycles. The third-order valence-electron chi connectivity index (χ3n) is 5.44. The van der Waals surface area contributed by atoms with Crippen LogP contribution in [0.5, 0.6) is 0 Å². The number of nitrogens with zero attached hydrogens (tertiary/aromatic N) is 3. The van der Waals surface area contributed by atoms with Crippen LogP contribution in [0.15, 0.2) is 41.1 Å². The molecule has 1 fully saturated rings. The number of ether oxygens (including phenoxy) is 1. The Balaban J connectivity index is 1.78. The summed E-state index contributed by atoms with van der Waals surface area (Å²) in [6.07, 6.45) is 4.79. The molecule has 9 heteroatoms. The molecule has 32 heavy (non-hydrogen) atoms. The van der Waals surface area contributed by atoms with Crippen LogP contribution in [-0.4, -0.2) is 53.3 Å². The topological polar surface area (TPSA) is 65.7 Å². The SMILES string of the molecule is Cc1ccn2c(CC3CN(C)CCO3)c(-c3c(F)cc(N/C=C(/Br)C=N)cc3F)nc2c1. The van der Waals surface area contributed by atoms with Gasteiger partial charge < -0.3 is 24.8 Å². The maximum atomic E-state index is 15.2. The Labute approximate surface area is 193 Å². The van der Waals surface area contributed by atoms with Crippen molar-refractivity contribution < 1.29 is 13.5 Å². The van der Waals surface area contributed by atoms with Crippen LogP contribution in [0.1, 0.15) is 11.3 Å². The second kappa shape index (κ2) is 9.48. The summed E-state index contributed by atoms with van der Waals surface area (Å²) in [6, 6.07) is 6.29. The van der Waals surface area contributed by atoms with E-state index in [0.29, 0.717) is 28.9 Å². The van der Waals surface area contributed by atoms with Gasteiger partial charge >= 0.3 is 0 Å². The van der Waals surface area contributed by atoms with Crippen molar-refractivity contribution in [2.45, 2.75) is 19.4 Å². The zero-order valence-corrected chi connectivity index (χ0v) is 19.4. The van der Waals surface area contributed by atoms with Crippen molar-refractivity contribution >= 4 is 33.5 Å². The summed E-state index contributed by atoms with van der Waals surface area (Å²) in [6.45, 7) is 4.17. The van der Waals surface area contributed by atoms with Crippen molar-refractivity contribution in [1.82, 2.24) is 14.3 Å². The van der Waals surface area contributed by atoms with E-state index in [1.807, 2.05) is 36.7 Å². The lowest BCUT2D eigenvalue weighted by atomic mass is 10.0. The quantitative estimate of drug-likeness (QED) is 0.476. The number of fused-ring (bicyclic) bond motifs is 1. The van der Waals surface area contributed by atoms with Crippen LogP contribution in [-0.2, 0) is 11.2 Å². The Morgan fingerprint density at radius 3 is 2.78 bits per heavy atom. The molecule has 0 aliphatic carbocycles. The zero-order chi connectivity index (χ0) is 22.8. The number of rotatable bonds is 6. The molecule has 0 saturated carbocycles. The van der Waals surface area contributed by atoms with E-state index in [9.17, 15) is 0 Å². The number of anilines is 1. The highest BCUT2D eigenvalue weighted by Gasteiger charge is 2.26. The molecule has 2 N–H and O–H groups in total. The van der Waals surface area contributed by atoms with Gasteiger partial charge in [-0.15, -0.1) is 0 Å². The van der Waals surface area contributed by atoms with Gasteiger partial charge in [0.15, 0.2) is 0 Å². The molecule has 0 spiro atoms. The Morgan fingerprint density at radius 1 is 1.34 bits per heavy atom. The normalized spacial score (nSPS) is 17.7. The van der Waals surface area contributed by atoms with E-state index in [0.717, 1.165) is 24.9 Å². The summed E-state index contributed by atoms with van der Waals surface area (Å²) in [4.78, 5) is 6.79. The number of morpholine rings is 1. The van der Waals surface area contributed by atoms with Crippen molar-refractivity contribution in [3.05, 3.63) is 64.0 Å². The summed E-state index contributed by atoms with van der Waals surface area (Å²) >= 11 is 3.15. The van der Waals surface area contributed by atoms with Crippen molar-refractivity contribution in [3.8, 4) is 11.3 Å². The van der Waals surface area contributed by atoms with E-state index in [-0.39, 0.29) is 23.0 Å². The minimum atomic E-state index is -0.713. The molecule has 168 valence electrons. The predicted molar refractivity (Wildman–Crippen MR) is 126 cm³/mol. The minimum Gasteiger partial charge on any atom is -0.375 e. The summed E-state index contributed by atoms with van der Waals surface area (Å²) in [5, 5.41) is 9.95. The van der Waals surface area contributed by atoms with Gasteiger partial charge in [0, 0.05) is 43.8 Å². The van der Waals surface area contributed by atoms with Crippen LogP contribution in [0.4, 0.5) is 14.5 Å². The lowest BCUT2D eigenvalue weighted by Gasteiger charge is -2.30. The first kappa shape index (κ1) is 22.6. The third-order valence-corrected chi connectivity index (χ3v) is 5.89. The zero-order valence-electron chi connectivity index (χ0n) is 17.8. The third kappa shape index (κ3) is 4.74. The number of allylic oxidation sites excluding steroid dienone is 1. The van der Waals surface area contributed by atoms with Gasteiger partial charge in [0.2, 0.25) is 0 Å². The van der Waals surface area contributed by atoms with E-state index in [1.165, 1.54) is 18.3 Å². The number of aromatic nitrogens is 2. The molecule has 2 aromatic heterocycles. The van der Waals surface area contributed by atoms with E-state index < -0.39 is 11.6 Å². The summed E-state index contributed by atoms with van der Waals surface area (Å²) in [7, 11) is 2.03. The molecule has 1 aliphatic heterocycles.